The molecule has 14 heavy (non-hydrogen) atoms. The number of alkyl halides is 1. The minimum Gasteiger partial charge on any atom is -0.121 e. The first-order valence-electron chi connectivity index (χ1n) is 4.57. The third-order valence-corrected chi connectivity index (χ3v) is 3.37. The molecule has 0 saturated heterocycles. The number of rotatable bonds is 3. The van der Waals surface area contributed by atoms with Crippen LogP contribution in [-0.2, 0) is 12.3 Å². The minimum absolute atomic E-state index is 0.458. The van der Waals surface area contributed by atoms with Crippen LogP contribution in [-0.4, -0.2) is 0 Å². The van der Waals surface area contributed by atoms with E-state index in [0.29, 0.717) is 11.8 Å². The lowest BCUT2D eigenvalue weighted by Crippen LogP contribution is -1.96. The van der Waals surface area contributed by atoms with Crippen molar-refractivity contribution in [3.63, 3.8) is 0 Å². The molecule has 0 N–H and O–H groups in total. The molecule has 1 rings (SSSR count). The van der Waals surface area contributed by atoms with Gasteiger partial charge in [0.25, 0.3) is 0 Å². The first-order valence-corrected chi connectivity index (χ1v) is 6.28. The van der Waals surface area contributed by atoms with E-state index < -0.39 is 0 Å². The van der Waals surface area contributed by atoms with Crippen LogP contribution in [0.25, 0.3) is 0 Å². The van der Waals surface area contributed by atoms with Gasteiger partial charge in [-0.25, -0.2) is 0 Å². The molecule has 0 unspecified atom stereocenters. The van der Waals surface area contributed by atoms with Gasteiger partial charge in [-0.15, -0.1) is 11.6 Å². The normalized spacial score (nSPS) is 11.0. The summed E-state index contributed by atoms with van der Waals surface area (Å²) in [5.74, 6) is 1.09. The number of hydrogen-bond acceptors (Lipinski definition) is 0. The highest BCUT2D eigenvalue weighted by molar-refractivity contribution is 9.10. The Morgan fingerprint density at radius 3 is 2.43 bits per heavy atom. The highest BCUT2D eigenvalue weighted by atomic mass is 79.9. The standard InChI is InChI=1S/C11H13BrCl2/c1-7(2)3-8-5-11(14)9(6-13)4-10(8)12/h4-5,7H,3,6H2,1-2H3. The van der Waals surface area contributed by atoms with Gasteiger partial charge in [-0.1, -0.05) is 41.4 Å². The minimum atomic E-state index is 0.458. The zero-order valence-electron chi connectivity index (χ0n) is 8.28. The van der Waals surface area contributed by atoms with Crippen molar-refractivity contribution in [2.24, 2.45) is 5.92 Å². The summed E-state index contributed by atoms with van der Waals surface area (Å²) < 4.78 is 1.10. The molecule has 0 aromatic heterocycles. The van der Waals surface area contributed by atoms with Crippen molar-refractivity contribution in [2.45, 2.75) is 26.1 Å². The average Bonchev–Trinajstić information content (AvgIpc) is 2.10. The van der Waals surface area contributed by atoms with Gasteiger partial charge in [-0.3, -0.25) is 0 Å². The van der Waals surface area contributed by atoms with Crippen LogP contribution in [0, 0.1) is 5.92 Å². The molecule has 0 saturated carbocycles. The molecule has 0 aliphatic carbocycles. The van der Waals surface area contributed by atoms with Crippen molar-refractivity contribution in [1.29, 1.82) is 0 Å². The summed E-state index contributed by atoms with van der Waals surface area (Å²) in [7, 11) is 0. The third kappa shape index (κ3) is 3.15. The van der Waals surface area contributed by atoms with Gasteiger partial charge < -0.3 is 0 Å². The van der Waals surface area contributed by atoms with Crippen LogP contribution >= 0.6 is 39.1 Å². The smallest absolute Gasteiger partial charge is 0.0489 e. The largest absolute Gasteiger partial charge is 0.121 e. The fraction of sp³-hybridized carbons (Fsp3) is 0.455. The third-order valence-electron chi connectivity index (χ3n) is 1.99. The van der Waals surface area contributed by atoms with Crippen molar-refractivity contribution < 1.29 is 0 Å². The van der Waals surface area contributed by atoms with Crippen molar-refractivity contribution in [2.75, 3.05) is 0 Å². The van der Waals surface area contributed by atoms with Crippen molar-refractivity contribution >= 4 is 39.1 Å². The fourth-order valence-electron chi connectivity index (χ4n) is 1.33. The summed E-state index contributed by atoms with van der Waals surface area (Å²) in [5.41, 5.74) is 2.23. The number of hydrogen-bond donors (Lipinski definition) is 0. The Labute approximate surface area is 104 Å². The lowest BCUT2D eigenvalue weighted by molar-refractivity contribution is 0.645. The van der Waals surface area contributed by atoms with Crippen molar-refractivity contribution in [3.05, 3.63) is 32.8 Å². The van der Waals surface area contributed by atoms with E-state index in [2.05, 4.69) is 29.8 Å². The molecule has 3 heteroatoms. The van der Waals surface area contributed by atoms with Crippen LogP contribution in [0.15, 0.2) is 16.6 Å². The maximum Gasteiger partial charge on any atom is 0.0489 e. The molecule has 0 aliphatic rings. The van der Waals surface area contributed by atoms with E-state index >= 15 is 0 Å². The van der Waals surface area contributed by atoms with Crippen LogP contribution in [0.2, 0.25) is 5.02 Å². The Morgan fingerprint density at radius 1 is 1.29 bits per heavy atom. The quantitative estimate of drug-likeness (QED) is 0.685. The van der Waals surface area contributed by atoms with Gasteiger partial charge in [0, 0.05) is 15.4 Å². The molecule has 78 valence electrons. The lowest BCUT2D eigenvalue weighted by Gasteiger charge is -2.10. The Bertz CT molecular complexity index is 321. The number of benzene rings is 1. The molecule has 0 fully saturated rings. The van der Waals surface area contributed by atoms with Gasteiger partial charge in [0.15, 0.2) is 0 Å². The average molecular weight is 296 g/mol. The van der Waals surface area contributed by atoms with E-state index in [-0.39, 0.29) is 0 Å². The van der Waals surface area contributed by atoms with Gasteiger partial charge in [0.1, 0.15) is 0 Å². The lowest BCUT2D eigenvalue weighted by atomic mass is 10.0. The van der Waals surface area contributed by atoms with E-state index in [9.17, 15) is 0 Å². The molecule has 0 heterocycles. The van der Waals surface area contributed by atoms with Crippen molar-refractivity contribution in [1.82, 2.24) is 0 Å². The molecule has 0 nitrogen and oxygen atoms in total. The molecular formula is C11H13BrCl2. The first-order chi connectivity index (χ1) is 6.54. The van der Waals surface area contributed by atoms with Crippen LogP contribution in [0.4, 0.5) is 0 Å². The predicted octanol–water partition coefficient (Wildman–Crippen LogP) is 5.04. The Kier molecular flexibility index (Phi) is 4.75. The van der Waals surface area contributed by atoms with Gasteiger partial charge in [0.05, 0.1) is 0 Å². The molecule has 1 aromatic carbocycles. The second-order valence-corrected chi connectivity index (χ2v) is 5.30. The summed E-state index contributed by atoms with van der Waals surface area (Å²) in [4.78, 5) is 0. The van der Waals surface area contributed by atoms with Gasteiger partial charge in [-0.05, 0) is 35.6 Å². The van der Waals surface area contributed by atoms with Crippen molar-refractivity contribution in [3.8, 4) is 0 Å². The van der Waals surface area contributed by atoms with E-state index in [1.807, 2.05) is 12.1 Å². The number of halogens is 3. The highest BCUT2D eigenvalue weighted by Crippen LogP contribution is 2.28. The topological polar surface area (TPSA) is 0 Å². The Hall–Kier alpha value is 0.280. The molecule has 0 atom stereocenters. The maximum absolute atomic E-state index is 6.08. The first kappa shape index (κ1) is 12.4. The predicted molar refractivity (Wildman–Crippen MR) is 67.3 cm³/mol. The van der Waals surface area contributed by atoms with E-state index in [0.717, 1.165) is 21.5 Å². The molecule has 0 spiro atoms. The molecular weight excluding hydrogens is 283 g/mol. The monoisotopic (exact) mass is 294 g/mol. The van der Waals surface area contributed by atoms with Gasteiger partial charge >= 0.3 is 0 Å². The highest BCUT2D eigenvalue weighted by Gasteiger charge is 2.07. The molecule has 0 radical (unpaired) electrons. The molecule has 0 bridgehead atoms. The zero-order chi connectivity index (χ0) is 10.7. The Morgan fingerprint density at radius 2 is 1.93 bits per heavy atom. The van der Waals surface area contributed by atoms with Crippen LogP contribution in [0.1, 0.15) is 25.0 Å². The van der Waals surface area contributed by atoms with Crippen LogP contribution < -0.4 is 0 Å². The summed E-state index contributed by atoms with van der Waals surface area (Å²) in [6.07, 6.45) is 1.03. The van der Waals surface area contributed by atoms with E-state index in [1.54, 1.807) is 0 Å². The summed E-state index contributed by atoms with van der Waals surface area (Å²) in [5, 5.41) is 0.763. The van der Waals surface area contributed by atoms with Crippen LogP contribution in [0.5, 0.6) is 0 Å². The summed E-state index contributed by atoms with van der Waals surface area (Å²) >= 11 is 15.4. The van der Waals surface area contributed by atoms with Gasteiger partial charge in [-0.2, -0.15) is 0 Å². The molecule has 0 amide bonds. The maximum atomic E-state index is 6.08. The summed E-state index contributed by atoms with van der Waals surface area (Å²) in [6, 6.07) is 4.01. The fourth-order valence-corrected chi connectivity index (χ4v) is 2.42. The second kappa shape index (κ2) is 5.39. The van der Waals surface area contributed by atoms with Gasteiger partial charge in [0.2, 0.25) is 0 Å². The Balaban J connectivity index is 3.02. The molecule has 0 aliphatic heterocycles. The molecule has 1 aromatic rings. The SMILES string of the molecule is CC(C)Cc1cc(Cl)c(CCl)cc1Br. The van der Waals surface area contributed by atoms with Crippen LogP contribution in [0.3, 0.4) is 0 Å². The zero-order valence-corrected chi connectivity index (χ0v) is 11.4. The second-order valence-electron chi connectivity index (χ2n) is 3.77. The van der Waals surface area contributed by atoms with E-state index in [4.69, 9.17) is 23.2 Å². The summed E-state index contributed by atoms with van der Waals surface area (Å²) in [6.45, 7) is 4.38. The van der Waals surface area contributed by atoms with E-state index in [1.165, 1.54) is 5.56 Å².